The molecule has 2 aliphatic rings. The SMILES string of the molecule is CC1=CC([Si](C)(C)C2C=C(C(C)C)c3ccccc32)c2ccccc21. The van der Waals surface area contributed by atoms with Gasteiger partial charge < -0.3 is 0 Å². The first-order valence-corrected chi connectivity index (χ1v) is 12.7. The van der Waals surface area contributed by atoms with Gasteiger partial charge in [0.25, 0.3) is 0 Å². The second kappa shape index (κ2) is 5.84. The third kappa shape index (κ3) is 2.48. The third-order valence-electron chi connectivity index (χ3n) is 6.32. The molecule has 2 unspecified atom stereocenters. The minimum Gasteiger partial charge on any atom is -0.0761 e. The third-order valence-corrected chi connectivity index (χ3v) is 10.5. The van der Waals surface area contributed by atoms with Gasteiger partial charge >= 0.3 is 0 Å². The Morgan fingerprint density at radius 1 is 0.760 bits per heavy atom. The number of allylic oxidation sites excluding steroid dienone is 4. The Morgan fingerprint density at radius 2 is 1.28 bits per heavy atom. The maximum Gasteiger partial charge on any atom is 0.0715 e. The zero-order valence-corrected chi connectivity index (χ0v) is 17.0. The summed E-state index contributed by atoms with van der Waals surface area (Å²) in [6.07, 6.45) is 5.17. The van der Waals surface area contributed by atoms with E-state index in [2.05, 4.69) is 94.5 Å². The number of rotatable bonds is 3. The number of benzene rings is 2. The summed E-state index contributed by atoms with van der Waals surface area (Å²) in [7, 11) is -1.62. The van der Waals surface area contributed by atoms with E-state index in [4.69, 9.17) is 0 Å². The maximum atomic E-state index is 2.62. The van der Waals surface area contributed by atoms with Gasteiger partial charge in [0.1, 0.15) is 0 Å². The molecule has 0 fully saturated rings. The van der Waals surface area contributed by atoms with Crippen LogP contribution in [0, 0.1) is 5.92 Å². The molecule has 1 heteroatoms. The molecule has 2 aromatic carbocycles. The maximum absolute atomic E-state index is 2.62. The van der Waals surface area contributed by atoms with Gasteiger partial charge in [-0.05, 0) is 57.3 Å². The fourth-order valence-electron chi connectivity index (χ4n) is 4.88. The van der Waals surface area contributed by atoms with E-state index in [1.807, 2.05) is 0 Å². The van der Waals surface area contributed by atoms with Gasteiger partial charge in [-0.15, -0.1) is 0 Å². The predicted octanol–water partition coefficient (Wildman–Crippen LogP) is 6.81. The van der Waals surface area contributed by atoms with Crippen LogP contribution in [0.15, 0.2) is 60.7 Å². The number of hydrogen-bond acceptors (Lipinski definition) is 0. The van der Waals surface area contributed by atoms with Crippen molar-refractivity contribution >= 4 is 19.2 Å². The van der Waals surface area contributed by atoms with E-state index in [0.717, 1.165) is 0 Å². The molecule has 0 nitrogen and oxygen atoms in total. The summed E-state index contributed by atoms with van der Waals surface area (Å²) in [5, 5.41) is 0. The molecule has 0 saturated heterocycles. The Bertz CT molecular complexity index is 882. The van der Waals surface area contributed by atoms with Gasteiger partial charge in [-0.1, -0.05) is 87.6 Å². The lowest BCUT2D eigenvalue weighted by molar-refractivity contribution is 0.857. The van der Waals surface area contributed by atoms with Crippen LogP contribution in [0.5, 0.6) is 0 Å². The van der Waals surface area contributed by atoms with Crippen LogP contribution in [-0.2, 0) is 0 Å². The molecule has 0 aliphatic heterocycles. The smallest absolute Gasteiger partial charge is 0.0715 e. The summed E-state index contributed by atoms with van der Waals surface area (Å²) in [6, 6.07) is 18.2. The van der Waals surface area contributed by atoms with Crippen molar-refractivity contribution in [2.24, 2.45) is 5.92 Å². The average molecular weight is 345 g/mol. The largest absolute Gasteiger partial charge is 0.0761 e. The van der Waals surface area contributed by atoms with Gasteiger partial charge in [0.05, 0.1) is 8.07 Å². The summed E-state index contributed by atoms with van der Waals surface area (Å²) in [6.45, 7) is 12.1. The first kappa shape index (κ1) is 16.6. The molecule has 0 radical (unpaired) electrons. The zero-order valence-electron chi connectivity index (χ0n) is 16.0. The monoisotopic (exact) mass is 344 g/mol. The van der Waals surface area contributed by atoms with Crippen LogP contribution >= 0.6 is 0 Å². The molecule has 0 N–H and O–H groups in total. The fourth-order valence-corrected chi connectivity index (χ4v) is 8.66. The Kier molecular flexibility index (Phi) is 3.88. The molecule has 128 valence electrons. The summed E-state index contributed by atoms with van der Waals surface area (Å²) in [5.41, 5.74) is 10.3. The Balaban J connectivity index is 1.82. The van der Waals surface area contributed by atoms with Crippen molar-refractivity contribution in [1.29, 1.82) is 0 Å². The molecule has 0 aromatic heterocycles. The summed E-state index contributed by atoms with van der Waals surface area (Å²) < 4.78 is 0. The Morgan fingerprint density at radius 3 is 1.92 bits per heavy atom. The van der Waals surface area contributed by atoms with Gasteiger partial charge in [-0.25, -0.2) is 0 Å². The first-order valence-electron chi connectivity index (χ1n) is 9.50. The topological polar surface area (TPSA) is 0 Å². The highest BCUT2D eigenvalue weighted by Gasteiger charge is 2.44. The number of fused-ring (bicyclic) bond motifs is 2. The highest BCUT2D eigenvalue weighted by atomic mass is 28.3. The molecule has 0 saturated carbocycles. The highest BCUT2D eigenvalue weighted by molar-refractivity contribution is 6.81. The van der Waals surface area contributed by atoms with Crippen LogP contribution in [-0.4, -0.2) is 8.07 Å². The van der Waals surface area contributed by atoms with E-state index >= 15 is 0 Å². The van der Waals surface area contributed by atoms with E-state index < -0.39 is 8.07 Å². The molecule has 2 atom stereocenters. The zero-order chi connectivity index (χ0) is 17.8. The predicted molar refractivity (Wildman–Crippen MR) is 112 cm³/mol. The van der Waals surface area contributed by atoms with E-state index in [-0.39, 0.29) is 0 Å². The van der Waals surface area contributed by atoms with Crippen molar-refractivity contribution in [3.8, 4) is 0 Å². The molecule has 25 heavy (non-hydrogen) atoms. The van der Waals surface area contributed by atoms with Gasteiger partial charge in [0.15, 0.2) is 0 Å². The molecule has 4 rings (SSSR count). The van der Waals surface area contributed by atoms with Gasteiger partial charge in [0, 0.05) is 0 Å². The van der Waals surface area contributed by atoms with Crippen LogP contribution in [0.3, 0.4) is 0 Å². The molecule has 2 aliphatic carbocycles. The van der Waals surface area contributed by atoms with Crippen molar-refractivity contribution in [1.82, 2.24) is 0 Å². The quantitative estimate of drug-likeness (QED) is 0.536. The van der Waals surface area contributed by atoms with Crippen LogP contribution in [0.1, 0.15) is 54.1 Å². The average Bonchev–Trinajstić information content (AvgIpc) is 3.15. The van der Waals surface area contributed by atoms with Crippen molar-refractivity contribution in [2.45, 2.75) is 44.9 Å². The van der Waals surface area contributed by atoms with Gasteiger partial charge in [0.2, 0.25) is 0 Å². The number of hydrogen-bond donors (Lipinski definition) is 0. The van der Waals surface area contributed by atoms with E-state index in [1.165, 1.54) is 16.7 Å². The van der Waals surface area contributed by atoms with Gasteiger partial charge in [-0.3, -0.25) is 0 Å². The summed E-state index contributed by atoms with van der Waals surface area (Å²) >= 11 is 0. The molecule has 0 heterocycles. The second-order valence-corrected chi connectivity index (χ2v) is 13.5. The van der Waals surface area contributed by atoms with E-state index in [0.29, 0.717) is 17.0 Å². The lowest BCUT2D eigenvalue weighted by atomic mass is 9.97. The highest BCUT2D eigenvalue weighted by Crippen LogP contribution is 2.51. The van der Waals surface area contributed by atoms with Crippen LogP contribution in [0.4, 0.5) is 0 Å². The minimum absolute atomic E-state index is 0.587. The molecular formula is C24H28Si. The minimum atomic E-state index is -1.62. The molecule has 2 aromatic rings. The standard InChI is InChI=1S/C24H28Si/c1-16(2)22-15-24(21-13-9-7-11-19(21)22)25(4,5)23-14-17(3)18-10-6-8-12-20(18)23/h6-16,23-24H,1-5H3. The Hall–Kier alpha value is -1.86. The first-order chi connectivity index (χ1) is 11.9. The normalized spacial score (nSPS) is 21.8. The lowest BCUT2D eigenvalue weighted by Crippen LogP contribution is -2.39. The van der Waals surface area contributed by atoms with Crippen molar-refractivity contribution in [2.75, 3.05) is 0 Å². The molecule has 0 spiro atoms. The lowest BCUT2D eigenvalue weighted by Gasteiger charge is -2.35. The fraction of sp³-hybridized carbons (Fsp3) is 0.333. The summed E-state index contributed by atoms with van der Waals surface area (Å²) in [5.74, 6) is 0.587. The molecular weight excluding hydrogens is 316 g/mol. The van der Waals surface area contributed by atoms with E-state index in [9.17, 15) is 0 Å². The van der Waals surface area contributed by atoms with Crippen molar-refractivity contribution < 1.29 is 0 Å². The van der Waals surface area contributed by atoms with E-state index in [1.54, 1.807) is 16.7 Å². The second-order valence-electron chi connectivity index (χ2n) is 8.58. The van der Waals surface area contributed by atoms with Crippen LogP contribution in [0.25, 0.3) is 11.1 Å². The Labute approximate surface area is 153 Å². The van der Waals surface area contributed by atoms with Gasteiger partial charge in [-0.2, -0.15) is 0 Å². The van der Waals surface area contributed by atoms with Crippen LogP contribution < -0.4 is 0 Å². The summed E-state index contributed by atoms with van der Waals surface area (Å²) in [4.78, 5) is 0. The van der Waals surface area contributed by atoms with Crippen molar-refractivity contribution in [3.63, 3.8) is 0 Å². The van der Waals surface area contributed by atoms with Crippen molar-refractivity contribution in [3.05, 3.63) is 82.9 Å². The molecule has 0 amide bonds. The van der Waals surface area contributed by atoms with Crippen LogP contribution in [0.2, 0.25) is 13.1 Å². The molecule has 0 bridgehead atoms.